The Labute approximate surface area is 123 Å². The lowest BCUT2D eigenvalue weighted by Crippen LogP contribution is -2.22. The molecule has 108 valence electrons. The second-order valence-electron chi connectivity index (χ2n) is 4.29. The van der Waals surface area contributed by atoms with Gasteiger partial charge in [-0.05, 0) is 30.0 Å². The summed E-state index contributed by atoms with van der Waals surface area (Å²) >= 11 is 7.28. The van der Waals surface area contributed by atoms with Crippen LogP contribution >= 0.6 is 22.9 Å². The van der Waals surface area contributed by atoms with Gasteiger partial charge in [0.2, 0.25) is 0 Å². The standard InChI is InChI=1S/C13H12ClF3N2S/c1-19(5-4-10-3-2-6-20-10)12-8-9(13(15,16)17)7-11(14)18-12/h2-3,6-8H,4-5H2,1H3. The van der Waals surface area contributed by atoms with Crippen LogP contribution in [0.25, 0.3) is 0 Å². The second-order valence-corrected chi connectivity index (χ2v) is 5.70. The Kier molecular flexibility index (Phi) is 4.55. The molecule has 2 nitrogen and oxygen atoms in total. The van der Waals surface area contributed by atoms with E-state index in [-0.39, 0.29) is 11.0 Å². The predicted octanol–water partition coefficient (Wildman–Crippen LogP) is 4.49. The zero-order valence-corrected chi connectivity index (χ0v) is 12.2. The molecule has 0 aromatic carbocycles. The number of halogens is 4. The third kappa shape index (κ3) is 3.86. The van der Waals surface area contributed by atoms with Gasteiger partial charge in [0.05, 0.1) is 5.56 Å². The molecule has 2 rings (SSSR count). The number of nitrogens with zero attached hydrogens (tertiary/aromatic N) is 2. The third-order valence-electron chi connectivity index (χ3n) is 2.77. The molecule has 7 heteroatoms. The number of hydrogen-bond donors (Lipinski definition) is 0. The van der Waals surface area contributed by atoms with Gasteiger partial charge < -0.3 is 4.90 Å². The number of hydrogen-bond acceptors (Lipinski definition) is 3. The lowest BCUT2D eigenvalue weighted by molar-refractivity contribution is -0.137. The lowest BCUT2D eigenvalue weighted by Gasteiger charge is -2.19. The van der Waals surface area contributed by atoms with E-state index in [0.717, 1.165) is 18.6 Å². The Morgan fingerprint density at radius 3 is 2.70 bits per heavy atom. The van der Waals surface area contributed by atoms with E-state index in [1.165, 1.54) is 4.88 Å². The van der Waals surface area contributed by atoms with E-state index in [4.69, 9.17) is 11.6 Å². The minimum Gasteiger partial charge on any atom is -0.359 e. The molecule has 0 amide bonds. The predicted molar refractivity (Wildman–Crippen MR) is 75.5 cm³/mol. The van der Waals surface area contributed by atoms with Crippen LogP contribution in [0.3, 0.4) is 0 Å². The van der Waals surface area contributed by atoms with Gasteiger partial charge >= 0.3 is 6.18 Å². The summed E-state index contributed by atoms with van der Waals surface area (Å²) in [6, 6.07) is 5.78. The molecule has 0 N–H and O–H groups in total. The third-order valence-corrected chi connectivity index (χ3v) is 3.90. The summed E-state index contributed by atoms with van der Waals surface area (Å²) < 4.78 is 38.2. The molecule has 0 spiro atoms. The van der Waals surface area contributed by atoms with Crippen molar-refractivity contribution in [3.63, 3.8) is 0 Å². The van der Waals surface area contributed by atoms with Gasteiger partial charge in [0.25, 0.3) is 0 Å². The van der Waals surface area contributed by atoms with Crippen molar-refractivity contribution in [3.05, 3.63) is 45.2 Å². The zero-order valence-electron chi connectivity index (χ0n) is 10.6. The fraction of sp³-hybridized carbons (Fsp3) is 0.308. The summed E-state index contributed by atoms with van der Waals surface area (Å²) in [4.78, 5) is 6.79. The smallest absolute Gasteiger partial charge is 0.359 e. The van der Waals surface area contributed by atoms with Gasteiger partial charge in [-0.25, -0.2) is 4.98 Å². The number of aromatic nitrogens is 1. The number of anilines is 1. The van der Waals surface area contributed by atoms with Crippen molar-refractivity contribution in [1.82, 2.24) is 4.98 Å². The zero-order chi connectivity index (χ0) is 14.8. The van der Waals surface area contributed by atoms with E-state index in [2.05, 4.69) is 4.98 Å². The highest BCUT2D eigenvalue weighted by Gasteiger charge is 2.31. The van der Waals surface area contributed by atoms with Crippen molar-refractivity contribution >= 4 is 28.8 Å². The fourth-order valence-corrected chi connectivity index (χ4v) is 2.59. The van der Waals surface area contributed by atoms with Gasteiger partial charge in [0.15, 0.2) is 0 Å². The van der Waals surface area contributed by atoms with Crippen molar-refractivity contribution in [1.29, 1.82) is 0 Å². The van der Waals surface area contributed by atoms with Crippen LogP contribution in [0.2, 0.25) is 5.15 Å². The van der Waals surface area contributed by atoms with E-state index in [0.29, 0.717) is 6.54 Å². The van der Waals surface area contributed by atoms with Crippen molar-refractivity contribution in [3.8, 4) is 0 Å². The van der Waals surface area contributed by atoms with Crippen molar-refractivity contribution in [2.24, 2.45) is 0 Å². The van der Waals surface area contributed by atoms with Crippen LogP contribution in [0, 0.1) is 0 Å². The summed E-state index contributed by atoms with van der Waals surface area (Å²) in [7, 11) is 1.70. The molecular weight excluding hydrogens is 309 g/mol. The van der Waals surface area contributed by atoms with Crippen LogP contribution in [-0.4, -0.2) is 18.6 Å². The second kappa shape index (κ2) is 6.01. The van der Waals surface area contributed by atoms with Gasteiger partial charge in [-0.1, -0.05) is 17.7 Å². The highest BCUT2D eigenvalue weighted by atomic mass is 35.5. The Hall–Kier alpha value is -1.27. The molecule has 0 atom stereocenters. The first-order valence-electron chi connectivity index (χ1n) is 5.84. The van der Waals surface area contributed by atoms with Crippen LogP contribution in [0.15, 0.2) is 29.6 Å². The summed E-state index contributed by atoms with van der Waals surface area (Å²) in [5.41, 5.74) is -0.782. The molecule has 0 saturated carbocycles. The van der Waals surface area contributed by atoms with E-state index in [9.17, 15) is 13.2 Å². The van der Waals surface area contributed by atoms with Crippen LogP contribution < -0.4 is 4.90 Å². The Bertz CT molecular complexity index is 569. The van der Waals surface area contributed by atoms with Crippen molar-refractivity contribution in [2.75, 3.05) is 18.5 Å². The van der Waals surface area contributed by atoms with Gasteiger partial charge in [0.1, 0.15) is 11.0 Å². The van der Waals surface area contributed by atoms with E-state index in [1.807, 2.05) is 17.5 Å². The summed E-state index contributed by atoms with van der Waals surface area (Å²) in [5.74, 6) is 0.224. The van der Waals surface area contributed by atoms with E-state index >= 15 is 0 Å². The first-order valence-corrected chi connectivity index (χ1v) is 7.10. The molecular formula is C13H12ClF3N2S. The molecule has 2 aromatic heterocycles. The number of rotatable bonds is 4. The van der Waals surface area contributed by atoms with Gasteiger partial charge in [-0.2, -0.15) is 13.2 Å². The summed E-state index contributed by atoms with van der Waals surface area (Å²) in [6.45, 7) is 0.575. The maximum absolute atomic E-state index is 12.7. The number of thiophene rings is 1. The molecule has 0 aliphatic carbocycles. The average Bonchev–Trinajstić information content (AvgIpc) is 2.87. The highest BCUT2D eigenvalue weighted by molar-refractivity contribution is 7.09. The molecule has 2 heterocycles. The Morgan fingerprint density at radius 1 is 1.35 bits per heavy atom. The normalized spacial score (nSPS) is 11.7. The molecule has 0 fully saturated rings. The van der Waals surface area contributed by atoms with E-state index in [1.54, 1.807) is 23.3 Å². The summed E-state index contributed by atoms with van der Waals surface area (Å²) in [6.07, 6.45) is -3.67. The monoisotopic (exact) mass is 320 g/mol. The first kappa shape index (κ1) is 15.1. The Balaban J connectivity index is 2.13. The number of alkyl halides is 3. The van der Waals surface area contributed by atoms with Crippen LogP contribution in [0.4, 0.5) is 19.0 Å². The molecule has 0 saturated heterocycles. The van der Waals surface area contributed by atoms with Crippen molar-refractivity contribution in [2.45, 2.75) is 12.6 Å². The molecule has 0 unspecified atom stereocenters. The number of likely N-dealkylation sites (N-methyl/N-ethyl adjacent to an activating group) is 1. The van der Waals surface area contributed by atoms with Gasteiger partial charge in [0, 0.05) is 18.5 Å². The molecule has 0 bridgehead atoms. The van der Waals surface area contributed by atoms with Crippen molar-refractivity contribution < 1.29 is 13.2 Å². The molecule has 20 heavy (non-hydrogen) atoms. The largest absolute Gasteiger partial charge is 0.416 e. The molecule has 2 aromatic rings. The van der Waals surface area contributed by atoms with Crippen LogP contribution in [0.5, 0.6) is 0 Å². The molecule has 0 aliphatic heterocycles. The lowest BCUT2D eigenvalue weighted by atomic mass is 10.2. The van der Waals surface area contributed by atoms with Crippen LogP contribution in [-0.2, 0) is 12.6 Å². The quantitative estimate of drug-likeness (QED) is 0.771. The maximum atomic E-state index is 12.7. The number of pyridine rings is 1. The first-order chi connectivity index (χ1) is 9.36. The summed E-state index contributed by atoms with van der Waals surface area (Å²) in [5, 5.41) is 1.81. The Morgan fingerprint density at radius 2 is 2.10 bits per heavy atom. The maximum Gasteiger partial charge on any atom is 0.416 e. The molecule has 0 radical (unpaired) electrons. The van der Waals surface area contributed by atoms with Gasteiger partial charge in [-0.3, -0.25) is 0 Å². The van der Waals surface area contributed by atoms with E-state index < -0.39 is 11.7 Å². The minimum absolute atomic E-state index is 0.155. The fourth-order valence-electron chi connectivity index (χ4n) is 1.69. The minimum atomic E-state index is -4.42. The topological polar surface area (TPSA) is 16.1 Å². The van der Waals surface area contributed by atoms with Crippen LogP contribution in [0.1, 0.15) is 10.4 Å². The SMILES string of the molecule is CN(CCc1cccs1)c1cc(C(F)(F)F)cc(Cl)n1. The highest BCUT2D eigenvalue weighted by Crippen LogP contribution is 2.32. The average molecular weight is 321 g/mol. The molecule has 0 aliphatic rings. The van der Waals surface area contributed by atoms with Gasteiger partial charge in [-0.15, -0.1) is 11.3 Å².